The number of halogens is 2. The van der Waals surface area contributed by atoms with Gasteiger partial charge in [0.25, 0.3) is 0 Å². The molecule has 0 aromatic heterocycles. The van der Waals surface area contributed by atoms with E-state index in [0.29, 0.717) is 12.5 Å². The Morgan fingerprint density at radius 1 is 1.50 bits per heavy atom. The Hall–Kier alpha value is -0.600. The monoisotopic (exact) mass is 187 g/mol. The first kappa shape index (κ1) is 9.49. The van der Waals surface area contributed by atoms with Crippen LogP contribution < -0.4 is 0 Å². The Morgan fingerprint density at radius 2 is 2.25 bits per heavy atom. The smallest absolute Gasteiger partial charge is 0.123 e. The van der Waals surface area contributed by atoms with Crippen LogP contribution in [0.3, 0.4) is 0 Å². The summed E-state index contributed by atoms with van der Waals surface area (Å²) in [6, 6.07) is 6.99. The average Bonchev–Trinajstić information content (AvgIpc) is 2.04. The van der Waals surface area contributed by atoms with E-state index >= 15 is 0 Å². The minimum absolute atomic E-state index is 0.199. The highest BCUT2D eigenvalue weighted by Crippen LogP contribution is 2.06. The van der Waals surface area contributed by atoms with Crippen molar-refractivity contribution in [1.82, 2.24) is 4.90 Å². The molecule has 0 amide bonds. The molecule has 0 saturated heterocycles. The average molecular weight is 188 g/mol. The zero-order chi connectivity index (χ0) is 8.97. The van der Waals surface area contributed by atoms with Gasteiger partial charge in [0.1, 0.15) is 5.82 Å². The number of nitrogens with zero attached hydrogens (tertiary/aromatic N) is 1. The Morgan fingerprint density at radius 3 is 2.83 bits per heavy atom. The van der Waals surface area contributed by atoms with Gasteiger partial charge in [-0.05, 0) is 24.7 Å². The summed E-state index contributed by atoms with van der Waals surface area (Å²) in [6.45, 7) is 0.682. The normalized spacial score (nSPS) is 10.7. The number of alkyl halides is 1. The van der Waals surface area contributed by atoms with Crippen molar-refractivity contribution < 1.29 is 4.39 Å². The summed E-state index contributed by atoms with van der Waals surface area (Å²) < 4.78 is 12.7. The zero-order valence-corrected chi connectivity index (χ0v) is 7.68. The lowest BCUT2D eigenvalue weighted by atomic mass is 10.2. The van der Waals surface area contributed by atoms with Gasteiger partial charge in [0, 0.05) is 6.54 Å². The summed E-state index contributed by atoms with van der Waals surface area (Å²) in [7, 11) is 1.89. The minimum Gasteiger partial charge on any atom is -0.289 e. The van der Waals surface area contributed by atoms with Crippen LogP contribution in [-0.4, -0.2) is 18.0 Å². The number of hydrogen-bond acceptors (Lipinski definition) is 1. The molecular formula is C9H11ClFN. The second-order valence-corrected chi connectivity index (χ2v) is 3.00. The molecule has 12 heavy (non-hydrogen) atoms. The van der Waals surface area contributed by atoms with Gasteiger partial charge in [-0.1, -0.05) is 12.1 Å². The van der Waals surface area contributed by atoms with Gasteiger partial charge in [0.2, 0.25) is 0 Å². The van der Waals surface area contributed by atoms with Crippen LogP contribution in [0, 0.1) is 5.82 Å². The second-order valence-electron chi connectivity index (χ2n) is 2.76. The molecule has 0 unspecified atom stereocenters. The van der Waals surface area contributed by atoms with E-state index in [4.69, 9.17) is 11.6 Å². The van der Waals surface area contributed by atoms with Crippen LogP contribution in [0.2, 0.25) is 0 Å². The Bertz CT molecular complexity index is 252. The largest absolute Gasteiger partial charge is 0.289 e. The lowest BCUT2D eigenvalue weighted by Crippen LogP contribution is -2.15. The van der Waals surface area contributed by atoms with Crippen LogP contribution in [0.1, 0.15) is 5.56 Å². The number of rotatable bonds is 3. The first-order valence-corrected chi connectivity index (χ1v) is 4.25. The molecule has 0 aliphatic rings. The van der Waals surface area contributed by atoms with Crippen molar-refractivity contribution in [3.05, 3.63) is 35.6 Å². The highest BCUT2D eigenvalue weighted by Gasteiger charge is 1.98. The molecule has 0 saturated carbocycles. The van der Waals surface area contributed by atoms with E-state index in [1.807, 2.05) is 18.0 Å². The van der Waals surface area contributed by atoms with Crippen molar-refractivity contribution in [2.45, 2.75) is 6.54 Å². The lowest BCUT2D eigenvalue weighted by Gasteiger charge is -2.11. The standard InChI is InChI=1S/C9H11ClFN/c1-12(7-10)6-8-3-2-4-9(11)5-8/h2-5H,6-7H2,1H3. The molecule has 0 radical (unpaired) electrons. The van der Waals surface area contributed by atoms with E-state index < -0.39 is 0 Å². The van der Waals surface area contributed by atoms with Gasteiger partial charge in [-0.15, -0.1) is 11.6 Å². The van der Waals surface area contributed by atoms with Crippen LogP contribution in [0.5, 0.6) is 0 Å². The van der Waals surface area contributed by atoms with E-state index in [0.717, 1.165) is 5.56 Å². The van der Waals surface area contributed by atoms with Crippen molar-refractivity contribution in [3.8, 4) is 0 Å². The van der Waals surface area contributed by atoms with Gasteiger partial charge >= 0.3 is 0 Å². The number of benzene rings is 1. The first-order valence-electron chi connectivity index (χ1n) is 3.71. The third kappa shape index (κ3) is 2.80. The van der Waals surface area contributed by atoms with Gasteiger partial charge in [-0.3, -0.25) is 4.90 Å². The molecule has 0 spiro atoms. The van der Waals surface area contributed by atoms with Gasteiger partial charge in [-0.25, -0.2) is 4.39 Å². The van der Waals surface area contributed by atoms with Crippen molar-refractivity contribution in [3.63, 3.8) is 0 Å². The van der Waals surface area contributed by atoms with E-state index in [1.54, 1.807) is 6.07 Å². The van der Waals surface area contributed by atoms with Crippen molar-refractivity contribution >= 4 is 11.6 Å². The summed E-state index contributed by atoms with van der Waals surface area (Å²) >= 11 is 5.57. The second kappa shape index (κ2) is 4.43. The zero-order valence-electron chi connectivity index (χ0n) is 6.93. The highest BCUT2D eigenvalue weighted by atomic mass is 35.5. The van der Waals surface area contributed by atoms with E-state index in [1.165, 1.54) is 12.1 Å². The molecule has 1 aromatic carbocycles. The summed E-state index contributed by atoms with van der Waals surface area (Å²) in [5.74, 6) is -0.199. The fourth-order valence-electron chi connectivity index (χ4n) is 0.989. The molecule has 0 N–H and O–H groups in total. The molecule has 0 aliphatic carbocycles. The Balaban J connectivity index is 2.63. The van der Waals surface area contributed by atoms with Gasteiger partial charge in [-0.2, -0.15) is 0 Å². The third-order valence-corrected chi connectivity index (χ3v) is 1.95. The van der Waals surface area contributed by atoms with Crippen LogP contribution in [-0.2, 0) is 6.54 Å². The van der Waals surface area contributed by atoms with Gasteiger partial charge in [0.15, 0.2) is 0 Å². The van der Waals surface area contributed by atoms with Crippen LogP contribution in [0.15, 0.2) is 24.3 Å². The highest BCUT2D eigenvalue weighted by molar-refractivity contribution is 6.17. The molecule has 0 heterocycles. The van der Waals surface area contributed by atoms with Gasteiger partial charge in [0.05, 0.1) is 6.00 Å². The summed E-state index contributed by atoms with van der Waals surface area (Å²) in [5.41, 5.74) is 0.943. The predicted octanol–water partition coefficient (Wildman–Crippen LogP) is 2.45. The van der Waals surface area contributed by atoms with E-state index in [9.17, 15) is 4.39 Å². The summed E-state index contributed by atoms with van der Waals surface area (Å²) in [6.07, 6.45) is 0. The maximum atomic E-state index is 12.7. The molecular weight excluding hydrogens is 177 g/mol. The Labute approximate surface area is 76.8 Å². The molecule has 1 aromatic rings. The molecule has 0 bridgehead atoms. The molecule has 0 aliphatic heterocycles. The van der Waals surface area contributed by atoms with Crippen LogP contribution in [0.4, 0.5) is 4.39 Å². The SMILES string of the molecule is CN(CCl)Cc1cccc(F)c1. The maximum absolute atomic E-state index is 12.7. The maximum Gasteiger partial charge on any atom is 0.123 e. The fourth-order valence-corrected chi connectivity index (χ4v) is 1.07. The first-order chi connectivity index (χ1) is 5.72. The molecule has 1 rings (SSSR count). The summed E-state index contributed by atoms with van der Waals surface area (Å²) in [4.78, 5) is 1.90. The van der Waals surface area contributed by atoms with E-state index in [-0.39, 0.29) is 5.82 Å². The molecule has 1 nitrogen and oxygen atoms in total. The predicted molar refractivity (Wildman–Crippen MR) is 48.6 cm³/mol. The molecule has 66 valence electrons. The topological polar surface area (TPSA) is 3.24 Å². The third-order valence-electron chi connectivity index (χ3n) is 1.55. The Kier molecular flexibility index (Phi) is 3.50. The quantitative estimate of drug-likeness (QED) is 0.519. The van der Waals surface area contributed by atoms with Crippen molar-refractivity contribution in [2.75, 3.05) is 13.1 Å². The van der Waals surface area contributed by atoms with Crippen molar-refractivity contribution in [1.29, 1.82) is 0 Å². The molecule has 0 fully saturated rings. The van der Waals surface area contributed by atoms with Crippen LogP contribution >= 0.6 is 11.6 Å². The van der Waals surface area contributed by atoms with Crippen LogP contribution in [0.25, 0.3) is 0 Å². The number of hydrogen-bond donors (Lipinski definition) is 0. The molecule has 0 atom stereocenters. The minimum atomic E-state index is -0.199. The van der Waals surface area contributed by atoms with Gasteiger partial charge < -0.3 is 0 Å². The van der Waals surface area contributed by atoms with Crippen molar-refractivity contribution in [2.24, 2.45) is 0 Å². The van der Waals surface area contributed by atoms with E-state index in [2.05, 4.69) is 0 Å². The summed E-state index contributed by atoms with van der Waals surface area (Å²) in [5, 5.41) is 0. The lowest BCUT2D eigenvalue weighted by molar-refractivity contribution is 0.381. The molecule has 3 heteroatoms. The fraction of sp³-hybridized carbons (Fsp3) is 0.333.